The van der Waals surface area contributed by atoms with E-state index in [1.807, 2.05) is 0 Å². The average Bonchev–Trinajstić information content (AvgIpc) is 2.85. The molecule has 8 heteroatoms. The Kier molecular flexibility index (Phi) is 4.80. The quantitative estimate of drug-likeness (QED) is 0.851. The van der Waals surface area contributed by atoms with Gasteiger partial charge in [0.2, 0.25) is 0 Å². The molecule has 0 bridgehead atoms. The average molecular weight is 356 g/mol. The molecule has 20 heavy (non-hydrogen) atoms. The molecule has 0 radical (unpaired) electrons. The summed E-state index contributed by atoms with van der Waals surface area (Å²) in [6, 6.07) is 7.07. The minimum atomic E-state index is -0.594. The SMILES string of the molecule is Cc1nnsc1C(=O)OCC(=O)Nc1ccc(Br)cc1. The molecule has 0 spiro atoms. The number of aryl methyl sites for hydroxylation is 1. The van der Waals surface area contributed by atoms with Gasteiger partial charge in [-0.1, -0.05) is 20.4 Å². The third-order valence-corrected chi connectivity index (χ3v) is 3.64. The van der Waals surface area contributed by atoms with Crippen molar-refractivity contribution in [1.82, 2.24) is 9.59 Å². The Bertz CT molecular complexity index is 627. The van der Waals surface area contributed by atoms with Crippen LogP contribution < -0.4 is 5.32 Å². The number of amides is 1. The molecule has 1 amide bonds. The molecule has 0 unspecified atom stereocenters. The molecular formula is C12H10BrN3O3S. The molecule has 0 aliphatic heterocycles. The number of carbonyl (C=O) groups excluding carboxylic acids is 2. The largest absolute Gasteiger partial charge is 0.451 e. The Morgan fingerprint density at radius 1 is 1.35 bits per heavy atom. The van der Waals surface area contributed by atoms with Crippen LogP contribution in [0.2, 0.25) is 0 Å². The third-order valence-electron chi connectivity index (χ3n) is 2.30. The van der Waals surface area contributed by atoms with Crippen LogP contribution in [-0.4, -0.2) is 28.1 Å². The number of anilines is 1. The molecule has 0 atom stereocenters. The van der Waals surface area contributed by atoms with Crippen LogP contribution in [0.3, 0.4) is 0 Å². The molecule has 1 heterocycles. The molecule has 0 saturated heterocycles. The summed E-state index contributed by atoms with van der Waals surface area (Å²) < 4.78 is 9.44. The molecule has 1 aromatic carbocycles. The molecule has 1 N–H and O–H groups in total. The van der Waals surface area contributed by atoms with E-state index in [1.165, 1.54) is 0 Å². The maximum atomic E-state index is 11.7. The highest BCUT2D eigenvalue weighted by atomic mass is 79.9. The number of rotatable bonds is 4. The summed E-state index contributed by atoms with van der Waals surface area (Å²) in [6.45, 7) is 1.30. The number of ether oxygens (including phenoxy) is 1. The van der Waals surface area contributed by atoms with E-state index in [-0.39, 0.29) is 6.61 Å². The van der Waals surface area contributed by atoms with E-state index in [0.29, 0.717) is 16.3 Å². The smallest absolute Gasteiger partial charge is 0.352 e. The number of halogens is 1. The first-order valence-electron chi connectivity index (χ1n) is 5.58. The maximum Gasteiger partial charge on any atom is 0.352 e. The van der Waals surface area contributed by atoms with Crippen LogP contribution in [0.25, 0.3) is 0 Å². The second-order valence-electron chi connectivity index (χ2n) is 3.82. The van der Waals surface area contributed by atoms with E-state index in [2.05, 4.69) is 30.8 Å². The van der Waals surface area contributed by atoms with E-state index < -0.39 is 11.9 Å². The van der Waals surface area contributed by atoms with E-state index in [1.54, 1.807) is 31.2 Å². The van der Waals surface area contributed by atoms with E-state index in [0.717, 1.165) is 16.0 Å². The fraction of sp³-hybridized carbons (Fsp3) is 0.167. The molecule has 1 aromatic heterocycles. The number of esters is 1. The summed E-state index contributed by atoms with van der Waals surface area (Å²) in [7, 11) is 0. The van der Waals surface area contributed by atoms with E-state index >= 15 is 0 Å². The van der Waals surface area contributed by atoms with Gasteiger partial charge < -0.3 is 10.1 Å². The molecule has 0 fully saturated rings. The van der Waals surface area contributed by atoms with Crippen LogP contribution in [-0.2, 0) is 9.53 Å². The van der Waals surface area contributed by atoms with Gasteiger partial charge >= 0.3 is 5.97 Å². The van der Waals surface area contributed by atoms with E-state index in [4.69, 9.17) is 4.74 Å². The summed E-state index contributed by atoms with van der Waals surface area (Å²) >= 11 is 4.24. The van der Waals surface area contributed by atoms with Crippen molar-refractivity contribution in [3.8, 4) is 0 Å². The van der Waals surface area contributed by atoms with Crippen molar-refractivity contribution in [2.45, 2.75) is 6.92 Å². The van der Waals surface area contributed by atoms with Crippen molar-refractivity contribution < 1.29 is 14.3 Å². The van der Waals surface area contributed by atoms with Crippen LogP contribution in [0, 0.1) is 6.92 Å². The molecule has 6 nitrogen and oxygen atoms in total. The van der Waals surface area contributed by atoms with Gasteiger partial charge in [-0.3, -0.25) is 4.79 Å². The first-order valence-corrected chi connectivity index (χ1v) is 7.14. The molecular weight excluding hydrogens is 346 g/mol. The fourth-order valence-electron chi connectivity index (χ4n) is 1.35. The highest BCUT2D eigenvalue weighted by Gasteiger charge is 2.16. The topological polar surface area (TPSA) is 81.2 Å². The lowest BCUT2D eigenvalue weighted by atomic mass is 10.3. The summed E-state index contributed by atoms with van der Waals surface area (Å²) in [6.07, 6.45) is 0. The number of carbonyl (C=O) groups is 2. The minimum Gasteiger partial charge on any atom is -0.451 e. The highest BCUT2D eigenvalue weighted by molar-refractivity contribution is 9.10. The van der Waals surface area contributed by atoms with Gasteiger partial charge in [-0.2, -0.15) is 0 Å². The van der Waals surface area contributed by atoms with Crippen LogP contribution in [0.5, 0.6) is 0 Å². The molecule has 2 aromatic rings. The van der Waals surface area contributed by atoms with Gasteiger partial charge in [0.25, 0.3) is 5.91 Å². The van der Waals surface area contributed by atoms with Crippen molar-refractivity contribution in [1.29, 1.82) is 0 Å². The first kappa shape index (κ1) is 14.6. The monoisotopic (exact) mass is 355 g/mol. The molecule has 0 aliphatic rings. The zero-order valence-corrected chi connectivity index (χ0v) is 12.8. The zero-order valence-electron chi connectivity index (χ0n) is 10.4. The summed E-state index contributed by atoms with van der Waals surface area (Å²) in [5.41, 5.74) is 1.12. The van der Waals surface area contributed by atoms with Crippen LogP contribution in [0.1, 0.15) is 15.4 Å². The normalized spacial score (nSPS) is 10.1. The lowest BCUT2D eigenvalue weighted by molar-refractivity contribution is -0.119. The number of benzene rings is 1. The Balaban J connectivity index is 1.85. The number of nitrogens with one attached hydrogen (secondary N) is 1. The fourth-order valence-corrected chi connectivity index (χ4v) is 2.16. The second kappa shape index (κ2) is 6.58. The lowest BCUT2D eigenvalue weighted by Crippen LogP contribution is -2.20. The second-order valence-corrected chi connectivity index (χ2v) is 5.49. The highest BCUT2D eigenvalue weighted by Crippen LogP contribution is 2.14. The van der Waals surface area contributed by atoms with Crippen molar-refractivity contribution in [2.24, 2.45) is 0 Å². The Hall–Kier alpha value is -1.80. The van der Waals surface area contributed by atoms with Gasteiger partial charge in [0.15, 0.2) is 11.5 Å². The maximum absolute atomic E-state index is 11.7. The number of hydrogen-bond donors (Lipinski definition) is 1. The van der Waals surface area contributed by atoms with Crippen LogP contribution >= 0.6 is 27.5 Å². The standard InChI is InChI=1S/C12H10BrN3O3S/c1-7-11(20-16-15-7)12(18)19-6-10(17)14-9-4-2-8(13)3-5-9/h2-5H,6H2,1H3,(H,14,17). The number of nitrogens with zero attached hydrogens (tertiary/aromatic N) is 2. The number of hydrogen-bond acceptors (Lipinski definition) is 6. The molecule has 0 saturated carbocycles. The Labute approximate surface area is 127 Å². The summed E-state index contributed by atoms with van der Waals surface area (Å²) in [5.74, 6) is -1.00. The Morgan fingerprint density at radius 3 is 2.65 bits per heavy atom. The zero-order chi connectivity index (χ0) is 14.5. The van der Waals surface area contributed by atoms with Crippen molar-refractivity contribution in [3.05, 3.63) is 39.3 Å². The summed E-state index contributed by atoms with van der Waals surface area (Å²) in [4.78, 5) is 23.6. The van der Waals surface area contributed by atoms with Crippen LogP contribution in [0.4, 0.5) is 5.69 Å². The van der Waals surface area contributed by atoms with Gasteiger partial charge in [0, 0.05) is 10.2 Å². The van der Waals surface area contributed by atoms with Gasteiger partial charge in [0.1, 0.15) is 0 Å². The van der Waals surface area contributed by atoms with Gasteiger partial charge in [-0.15, -0.1) is 5.10 Å². The molecule has 2 rings (SSSR count). The minimum absolute atomic E-state index is 0.307. The van der Waals surface area contributed by atoms with E-state index in [9.17, 15) is 9.59 Å². The lowest BCUT2D eigenvalue weighted by Gasteiger charge is -2.06. The van der Waals surface area contributed by atoms with Crippen molar-refractivity contribution in [3.63, 3.8) is 0 Å². The van der Waals surface area contributed by atoms with Gasteiger partial charge in [-0.05, 0) is 42.7 Å². The molecule has 104 valence electrons. The van der Waals surface area contributed by atoms with Crippen molar-refractivity contribution in [2.75, 3.05) is 11.9 Å². The summed E-state index contributed by atoms with van der Waals surface area (Å²) in [5, 5.41) is 6.32. The van der Waals surface area contributed by atoms with Gasteiger partial charge in [0.05, 0.1) is 5.69 Å². The molecule has 0 aliphatic carbocycles. The predicted octanol–water partition coefficient (Wildman–Crippen LogP) is 2.40. The number of aromatic nitrogens is 2. The van der Waals surface area contributed by atoms with Crippen molar-refractivity contribution >= 4 is 45.0 Å². The Morgan fingerprint density at radius 2 is 2.05 bits per heavy atom. The van der Waals surface area contributed by atoms with Gasteiger partial charge in [-0.25, -0.2) is 4.79 Å². The van der Waals surface area contributed by atoms with Crippen LogP contribution in [0.15, 0.2) is 28.7 Å². The first-order chi connectivity index (χ1) is 9.56. The third kappa shape index (κ3) is 3.84. The predicted molar refractivity (Wildman–Crippen MR) is 77.7 cm³/mol.